The van der Waals surface area contributed by atoms with Gasteiger partial charge in [0.2, 0.25) is 5.91 Å². The zero-order valence-electron chi connectivity index (χ0n) is 11.1. The molecule has 1 atom stereocenters. The monoisotopic (exact) mass is 266 g/mol. The number of hydrogen-bond acceptors (Lipinski definition) is 4. The van der Waals surface area contributed by atoms with E-state index in [-0.39, 0.29) is 24.1 Å². The minimum absolute atomic E-state index is 0.0281. The predicted octanol–water partition coefficient (Wildman–Crippen LogP) is -1.63. The number of carbonyl (C=O) groups excluding carboxylic acids is 1. The van der Waals surface area contributed by atoms with Crippen LogP contribution in [0.5, 0.6) is 0 Å². The zero-order valence-corrected chi connectivity index (χ0v) is 11.1. The first-order chi connectivity index (χ1) is 8.99. The van der Waals surface area contributed by atoms with Crippen LogP contribution in [-0.4, -0.2) is 45.6 Å². The Morgan fingerprint density at radius 1 is 1.47 bits per heavy atom. The second-order valence-corrected chi connectivity index (χ2v) is 4.82. The summed E-state index contributed by atoms with van der Waals surface area (Å²) in [6.07, 6.45) is 1.37. The van der Waals surface area contributed by atoms with Crippen molar-refractivity contribution in [3.05, 3.63) is 33.1 Å². The van der Waals surface area contributed by atoms with E-state index in [0.717, 1.165) is 11.1 Å². The summed E-state index contributed by atoms with van der Waals surface area (Å²) in [6, 6.07) is 1.55. The van der Waals surface area contributed by atoms with Gasteiger partial charge in [0.15, 0.2) is 0 Å². The second-order valence-electron chi connectivity index (χ2n) is 4.82. The third-order valence-corrected chi connectivity index (χ3v) is 3.29. The third kappa shape index (κ3) is 2.93. The summed E-state index contributed by atoms with van der Waals surface area (Å²) in [6.45, 7) is 4.02. The molecule has 2 rings (SSSR count). The molecule has 0 saturated carbocycles. The standard InChI is InChI=1S/C12H18N4O3/c1-9-7-15(6-4-13-9)11(18)8-16-5-3-10(17)14(2)12(16)19/h3,5,9,13H,4,6-8H2,1-2H3. The van der Waals surface area contributed by atoms with Crippen LogP contribution in [0.1, 0.15) is 6.92 Å². The lowest BCUT2D eigenvalue weighted by Gasteiger charge is -2.32. The van der Waals surface area contributed by atoms with Crippen LogP contribution in [0.2, 0.25) is 0 Å². The van der Waals surface area contributed by atoms with E-state index < -0.39 is 5.69 Å². The molecule has 19 heavy (non-hydrogen) atoms. The Hall–Kier alpha value is -1.89. The normalized spacial score (nSPS) is 19.5. The van der Waals surface area contributed by atoms with Crippen LogP contribution in [0.25, 0.3) is 0 Å². The van der Waals surface area contributed by atoms with Gasteiger partial charge in [-0.15, -0.1) is 0 Å². The number of carbonyl (C=O) groups is 1. The van der Waals surface area contributed by atoms with Gasteiger partial charge in [0.25, 0.3) is 5.56 Å². The zero-order chi connectivity index (χ0) is 14.0. The van der Waals surface area contributed by atoms with Crippen molar-refractivity contribution in [3.8, 4) is 0 Å². The molecule has 1 aromatic heterocycles. The summed E-state index contributed by atoms with van der Waals surface area (Å²) in [5.41, 5.74) is -0.839. The van der Waals surface area contributed by atoms with Crippen LogP contribution < -0.4 is 16.6 Å². The molecule has 1 saturated heterocycles. The molecule has 7 nitrogen and oxygen atoms in total. The molecule has 1 aliphatic rings. The van der Waals surface area contributed by atoms with Crippen molar-refractivity contribution in [1.29, 1.82) is 0 Å². The molecule has 0 radical (unpaired) electrons. The molecule has 104 valence electrons. The van der Waals surface area contributed by atoms with E-state index in [1.807, 2.05) is 6.92 Å². The van der Waals surface area contributed by atoms with Crippen LogP contribution in [0.4, 0.5) is 0 Å². The Balaban J connectivity index is 2.13. The molecule has 2 heterocycles. The van der Waals surface area contributed by atoms with Crippen molar-refractivity contribution >= 4 is 5.91 Å². The maximum absolute atomic E-state index is 12.1. The summed E-state index contributed by atoms with van der Waals surface area (Å²) >= 11 is 0. The van der Waals surface area contributed by atoms with E-state index in [4.69, 9.17) is 0 Å². The first-order valence-electron chi connectivity index (χ1n) is 6.26. The van der Waals surface area contributed by atoms with Gasteiger partial charge in [-0.05, 0) is 6.92 Å². The van der Waals surface area contributed by atoms with E-state index >= 15 is 0 Å². The molecule has 0 bridgehead atoms. The maximum atomic E-state index is 12.1. The average molecular weight is 266 g/mol. The van der Waals surface area contributed by atoms with Crippen molar-refractivity contribution in [2.24, 2.45) is 7.05 Å². The SMILES string of the molecule is CC1CN(C(=O)Cn2ccc(=O)n(C)c2=O)CCN1. The van der Waals surface area contributed by atoms with Crippen LogP contribution in [0, 0.1) is 0 Å². The number of amides is 1. The molecule has 1 aromatic rings. The smallest absolute Gasteiger partial charge is 0.331 e. The third-order valence-electron chi connectivity index (χ3n) is 3.29. The summed E-state index contributed by atoms with van der Waals surface area (Å²) in [7, 11) is 1.40. The Labute approximate surface area is 110 Å². The van der Waals surface area contributed by atoms with Gasteiger partial charge >= 0.3 is 5.69 Å². The van der Waals surface area contributed by atoms with Gasteiger partial charge in [-0.25, -0.2) is 4.79 Å². The Morgan fingerprint density at radius 3 is 2.89 bits per heavy atom. The molecule has 1 fully saturated rings. The van der Waals surface area contributed by atoms with Gasteiger partial charge in [0.1, 0.15) is 6.54 Å². The lowest BCUT2D eigenvalue weighted by molar-refractivity contribution is -0.133. The van der Waals surface area contributed by atoms with Crippen LogP contribution >= 0.6 is 0 Å². The highest BCUT2D eigenvalue weighted by Crippen LogP contribution is 2.00. The highest BCUT2D eigenvalue weighted by Gasteiger charge is 2.20. The fourth-order valence-electron chi connectivity index (χ4n) is 2.14. The molecule has 1 N–H and O–H groups in total. The summed E-state index contributed by atoms with van der Waals surface area (Å²) in [5, 5.41) is 3.25. The Bertz CT molecular complexity index is 589. The number of piperazine rings is 1. The van der Waals surface area contributed by atoms with E-state index in [9.17, 15) is 14.4 Å². The van der Waals surface area contributed by atoms with Crippen molar-refractivity contribution < 1.29 is 4.79 Å². The van der Waals surface area contributed by atoms with Gasteiger partial charge in [0.05, 0.1) is 0 Å². The second kappa shape index (κ2) is 5.40. The van der Waals surface area contributed by atoms with E-state index in [0.29, 0.717) is 13.1 Å². The van der Waals surface area contributed by atoms with Crippen molar-refractivity contribution in [2.45, 2.75) is 19.5 Å². The molecular weight excluding hydrogens is 248 g/mol. The Morgan fingerprint density at radius 2 is 2.21 bits per heavy atom. The first kappa shape index (κ1) is 13.5. The molecule has 1 amide bonds. The number of hydrogen-bond donors (Lipinski definition) is 1. The quantitative estimate of drug-likeness (QED) is 0.697. The highest BCUT2D eigenvalue weighted by molar-refractivity contribution is 5.76. The first-order valence-corrected chi connectivity index (χ1v) is 6.26. The summed E-state index contributed by atoms with van der Waals surface area (Å²) < 4.78 is 2.25. The van der Waals surface area contributed by atoms with Crippen molar-refractivity contribution in [2.75, 3.05) is 19.6 Å². The topological polar surface area (TPSA) is 76.3 Å². The summed E-state index contributed by atoms with van der Waals surface area (Å²) in [4.78, 5) is 36.9. The number of nitrogens with zero attached hydrogens (tertiary/aromatic N) is 3. The highest BCUT2D eigenvalue weighted by atomic mass is 16.2. The van der Waals surface area contributed by atoms with Crippen LogP contribution in [0.3, 0.4) is 0 Å². The Kier molecular flexibility index (Phi) is 3.84. The fourth-order valence-corrected chi connectivity index (χ4v) is 2.14. The molecule has 1 aliphatic heterocycles. The summed E-state index contributed by atoms with van der Waals surface area (Å²) in [5.74, 6) is -0.103. The van der Waals surface area contributed by atoms with E-state index in [1.165, 1.54) is 23.9 Å². The molecule has 0 spiro atoms. The van der Waals surface area contributed by atoms with Gasteiger partial charge < -0.3 is 10.2 Å². The van der Waals surface area contributed by atoms with Crippen LogP contribution in [-0.2, 0) is 18.4 Å². The average Bonchev–Trinajstić information content (AvgIpc) is 2.39. The molecular formula is C12H18N4O3. The number of rotatable bonds is 2. The predicted molar refractivity (Wildman–Crippen MR) is 70.0 cm³/mol. The van der Waals surface area contributed by atoms with Crippen molar-refractivity contribution in [1.82, 2.24) is 19.4 Å². The molecule has 0 aromatic carbocycles. The van der Waals surface area contributed by atoms with Gasteiger partial charge in [0, 0.05) is 45.0 Å². The lowest BCUT2D eigenvalue weighted by Crippen LogP contribution is -2.52. The van der Waals surface area contributed by atoms with Crippen molar-refractivity contribution in [3.63, 3.8) is 0 Å². The molecule has 7 heteroatoms. The largest absolute Gasteiger partial charge is 0.338 e. The molecule has 0 aliphatic carbocycles. The van der Waals surface area contributed by atoms with Crippen LogP contribution in [0.15, 0.2) is 21.9 Å². The maximum Gasteiger partial charge on any atom is 0.331 e. The lowest BCUT2D eigenvalue weighted by atomic mass is 10.2. The molecule has 1 unspecified atom stereocenters. The van der Waals surface area contributed by atoms with Gasteiger partial charge in [-0.2, -0.15) is 0 Å². The minimum Gasteiger partial charge on any atom is -0.338 e. The van der Waals surface area contributed by atoms with Gasteiger partial charge in [-0.1, -0.05) is 0 Å². The van der Waals surface area contributed by atoms with Gasteiger partial charge in [-0.3, -0.25) is 18.7 Å². The number of aromatic nitrogens is 2. The van der Waals surface area contributed by atoms with E-state index in [2.05, 4.69) is 5.32 Å². The minimum atomic E-state index is -0.468. The fraction of sp³-hybridized carbons (Fsp3) is 0.583. The van der Waals surface area contributed by atoms with E-state index in [1.54, 1.807) is 4.90 Å². The number of nitrogens with one attached hydrogen (secondary N) is 1.